The summed E-state index contributed by atoms with van der Waals surface area (Å²) in [6.07, 6.45) is 2.64. The number of pyridine rings is 1. The van der Waals surface area contributed by atoms with E-state index in [9.17, 15) is 9.59 Å². The Balaban J connectivity index is 1.71. The monoisotopic (exact) mass is 449 g/mol. The van der Waals surface area contributed by atoms with Crippen LogP contribution < -0.4 is 10.6 Å². The van der Waals surface area contributed by atoms with Crippen LogP contribution in [0.5, 0.6) is 0 Å². The van der Waals surface area contributed by atoms with Crippen molar-refractivity contribution in [2.24, 2.45) is 5.92 Å². The first-order valence-corrected chi connectivity index (χ1v) is 11.0. The number of halogens is 1. The Labute approximate surface area is 194 Å². The van der Waals surface area contributed by atoms with Gasteiger partial charge in [-0.05, 0) is 73.2 Å². The van der Waals surface area contributed by atoms with Crippen molar-refractivity contribution in [2.75, 3.05) is 10.6 Å². The van der Waals surface area contributed by atoms with Gasteiger partial charge in [0.25, 0.3) is 5.91 Å². The van der Waals surface area contributed by atoms with E-state index in [1.165, 1.54) is 5.56 Å². The van der Waals surface area contributed by atoms with Gasteiger partial charge in [-0.25, -0.2) is 4.98 Å². The predicted molar refractivity (Wildman–Crippen MR) is 130 cm³/mol. The highest BCUT2D eigenvalue weighted by Crippen LogP contribution is 2.26. The van der Waals surface area contributed by atoms with E-state index in [1.807, 2.05) is 32.0 Å². The fourth-order valence-electron chi connectivity index (χ4n) is 3.36. The van der Waals surface area contributed by atoms with Crippen LogP contribution in [0.2, 0.25) is 5.02 Å². The molecule has 0 aliphatic carbocycles. The van der Waals surface area contributed by atoms with Gasteiger partial charge in [-0.2, -0.15) is 0 Å². The molecule has 1 aromatic heterocycles. The van der Waals surface area contributed by atoms with Crippen molar-refractivity contribution in [2.45, 2.75) is 40.0 Å². The molecule has 0 radical (unpaired) electrons. The zero-order valence-corrected chi connectivity index (χ0v) is 19.5. The maximum atomic E-state index is 12.9. The first-order valence-electron chi connectivity index (χ1n) is 10.7. The van der Waals surface area contributed by atoms with Gasteiger partial charge >= 0.3 is 0 Å². The van der Waals surface area contributed by atoms with Crippen LogP contribution in [-0.4, -0.2) is 16.8 Å². The minimum absolute atomic E-state index is 0.193. The Hall–Kier alpha value is -3.18. The summed E-state index contributed by atoms with van der Waals surface area (Å²) >= 11 is 6.29. The number of amides is 2. The van der Waals surface area contributed by atoms with Crippen molar-refractivity contribution in [1.82, 2.24) is 4.98 Å². The van der Waals surface area contributed by atoms with Crippen LogP contribution in [0.1, 0.15) is 53.7 Å². The predicted octanol–water partition coefficient (Wildman–Crippen LogP) is 6.24. The average Bonchev–Trinajstić information content (AvgIpc) is 2.74. The van der Waals surface area contributed by atoms with Gasteiger partial charge in [0.15, 0.2) is 0 Å². The van der Waals surface area contributed by atoms with Gasteiger partial charge < -0.3 is 10.6 Å². The average molecular weight is 450 g/mol. The van der Waals surface area contributed by atoms with Gasteiger partial charge in [-0.15, -0.1) is 0 Å². The molecule has 0 saturated heterocycles. The van der Waals surface area contributed by atoms with Gasteiger partial charge in [-0.1, -0.05) is 49.7 Å². The van der Waals surface area contributed by atoms with Crippen molar-refractivity contribution < 1.29 is 9.59 Å². The summed E-state index contributed by atoms with van der Waals surface area (Å²) < 4.78 is 0. The third-order valence-corrected chi connectivity index (χ3v) is 5.49. The number of anilines is 2. The fraction of sp³-hybridized carbons (Fsp3) is 0.269. The van der Waals surface area contributed by atoms with Crippen LogP contribution in [0.15, 0.2) is 60.8 Å². The molecule has 6 heteroatoms. The quantitative estimate of drug-likeness (QED) is 0.448. The van der Waals surface area contributed by atoms with Crippen molar-refractivity contribution in [3.63, 3.8) is 0 Å². The number of aryl methyl sites for hydroxylation is 1. The summed E-state index contributed by atoms with van der Waals surface area (Å²) in [5, 5.41) is 5.98. The summed E-state index contributed by atoms with van der Waals surface area (Å²) in [6, 6.07) is 16.5. The largest absolute Gasteiger partial charge is 0.324 e. The highest BCUT2D eigenvalue weighted by atomic mass is 35.5. The second-order valence-electron chi connectivity index (χ2n) is 8.42. The maximum Gasteiger partial charge on any atom is 0.256 e. The molecule has 0 aliphatic rings. The molecule has 3 aromatic rings. The normalized spacial score (nSPS) is 11.8. The molecule has 2 aromatic carbocycles. The number of carbonyl (C=O) groups is 2. The highest BCUT2D eigenvalue weighted by Gasteiger charge is 2.18. The summed E-state index contributed by atoms with van der Waals surface area (Å²) in [5.41, 5.74) is 3.93. The molecule has 166 valence electrons. The molecule has 1 atom stereocenters. The SMILES string of the molecule is Cc1ccnc(NC(=O)c2ccc(Cl)c(NC(=O)C(C)c3ccc(CC(C)C)cc3)c2)c1. The molecule has 32 heavy (non-hydrogen) atoms. The topological polar surface area (TPSA) is 71.1 Å². The number of benzene rings is 2. The minimum atomic E-state index is -0.367. The molecular weight excluding hydrogens is 422 g/mol. The molecule has 3 rings (SSSR count). The van der Waals surface area contributed by atoms with Crippen LogP contribution in [0, 0.1) is 12.8 Å². The van der Waals surface area contributed by atoms with Gasteiger partial charge in [-0.3, -0.25) is 9.59 Å². The van der Waals surface area contributed by atoms with E-state index in [4.69, 9.17) is 11.6 Å². The smallest absolute Gasteiger partial charge is 0.256 e. The Kier molecular flexibility index (Phi) is 7.65. The van der Waals surface area contributed by atoms with E-state index < -0.39 is 0 Å². The molecule has 1 heterocycles. The van der Waals surface area contributed by atoms with Crippen LogP contribution in [0.4, 0.5) is 11.5 Å². The van der Waals surface area contributed by atoms with Crippen LogP contribution in [-0.2, 0) is 11.2 Å². The lowest BCUT2D eigenvalue weighted by atomic mass is 9.96. The van der Waals surface area contributed by atoms with Crippen molar-refractivity contribution >= 4 is 34.9 Å². The van der Waals surface area contributed by atoms with Crippen molar-refractivity contribution in [3.05, 3.63) is 88.1 Å². The Morgan fingerprint density at radius 1 is 0.969 bits per heavy atom. The lowest BCUT2D eigenvalue weighted by Gasteiger charge is -2.15. The highest BCUT2D eigenvalue weighted by molar-refractivity contribution is 6.34. The van der Waals surface area contributed by atoms with Gasteiger partial charge in [0, 0.05) is 11.8 Å². The Morgan fingerprint density at radius 2 is 1.69 bits per heavy atom. The standard InChI is InChI=1S/C26H28ClN3O2/c1-16(2)13-19-5-7-20(8-6-19)18(4)25(31)29-23-15-21(9-10-22(23)27)26(32)30-24-14-17(3)11-12-28-24/h5-12,14-16,18H,13H2,1-4H3,(H,29,31)(H,28,30,32). The molecular formula is C26H28ClN3O2. The molecule has 0 bridgehead atoms. The minimum Gasteiger partial charge on any atom is -0.324 e. The molecule has 5 nitrogen and oxygen atoms in total. The number of hydrogen-bond donors (Lipinski definition) is 2. The van der Waals surface area contributed by atoms with E-state index in [0.29, 0.717) is 28.0 Å². The van der Waals surface area contributed by atoms with E-state index in [0.717, 1.165) is 17.5 Å². The lowest BCUT2D eigenvalue weighted by Crippen LogP contribution is -2.20. The number of rotatable bonds is 7. The van der Waals surface area contributed by atoms with Gasteiger partial charge in [0.2, 0.25) is 5.91 Å². The number of hydrogen-bond acceptors (Lipinski definition) is 3. The summed E-state index contributed by atoms with van der Waals surface area (Å²) in [7, 11) is 0. The van der Waals surface area contributed by atoms with E-state index in [1.54, 1.807) is 30.5 Å². The first kappa shape index (κ1) is 23.5. The number of nitrogens with zero attached hydrogens (tertiary/aromatic N) is 1. The number of carbonyl (C=O) groups excluding carboxylic acids is 2. The summed E-state index contributed by atoms with van der Waals surface area (Å²) in [6.45, 7) is 8.13. The molecule has 2 N–H and O–H groups in total. The van der Waals surface area contributed by atoms with Crippen molar-refractivity contribution in [1.29, 1.82) is 0 Å². The van der Waals surface area contributed by atoms with Gasteiger partial charge in [0.1, 0.15) is 5.82 Å². The molecule has 0 saturated carbocycles. The first-order chi connectivity index (χ1) is 15.2. The third-order valence-electron chi connectivity index (χ3n) is 5.16. The van der Waals surface area contributed by atoms with Crippen LogP contribution in [0.3, 0.4) is 0 Å². The molecule has 0 fully saturated rings. The Bertz CT molecular complexity index is 1110. The molecule has 1 unspecified atom stereocenters. The lowest BCUT2D eigenvalue weighted by molar-refractivity contribution is -0.117. The van der Waals surface area contributed by atoms with E-state index in [-0.39, 0.29) is 17.7 Å². The molecule has 0 spiro atoms. The van der Waals surface area contributed by atoms with E-state index >= 15 is 0 Å². The van der Waals surface area contributed by atoms with E-state index in [2.05, 4.69) is 41.6 Å². The second kappa shape index (κ2) is 10.4. The van der Waals surface area contributed by atoms with Crippen LogP contribution in [0.25, 0.3) is 0 Å². The van der Waals surface area contributed by atoms with Crippen LogP contribution >= 0.6 is 11.6 Å². The molecule has 2 amide bonds. The third kappa shape index (κ3) is 6.17. The fourth-order valence-corrected chi connectivity index (χ4v) is 3.53. The van der Waals surface area contributed by atoms with Crippen molar-refractivity contribution in [3.8, 4) is 0 Å². The maximum absolute atomic E-state index is 12.9. The zero-order valence-electron chi connectivity index (χ0n) is 18.8. The summed E-state index contributed by atoms with van der Waals surface area (Å²) in [4.78, 5) is 29.6. The Morgan fingerprint density at radius 3 is 2.34 bits per heavy atom. The number of aromatic nitrogens is 1. The molecule has 0 aliphatic heterocycles. The second-order valence-corrected chi connectivity index (χ2v) is 8.82. The zero-order chi connectivity index (χ0) is 23.3. The number of nitrogens with one attached hydrogen (secondary N) is 2. The van der Waals surface area contributed by atoms with Gasteiger partial charge in [0.05, 0.1) is 16.6 Å². The summed E-state index contributed by atoms with van der Waals surface area (Å²) in [5.74, 6) is 0.151.